The van der Waals surface area contributed by atoms with Crippen LogP contribution in [0.4, 0.5) is 0 Å². The van der Waals surface area contributed by atoms with Crippen molar-refractivity contribution in [3.05, 3.63) is 102 Å². The second-order valence-corrected chi connectivity index (χ2v) is 9.30. The number of nitrogens with zero attached hydrogens (tertiary/aromatic N) is 3. The molecule has 0 bridgehead atoms. The summed E-state index contributed by atoms with van der Waals surface area (Å²) in [6, 6.07) is 26.8. The van der Waals surface area contributed by atoms with Gasteiger partial charge in [0.25, 0.3) is 5.91 Å². The summed E-state index contributed by atoms with van der Waals surface area (Å²) in [5, 5.41) is 4.95. The molecule has 3 aromatic carbocycles. The number of aromatic nitrogens is 2. The normalized spacial score (nSPS) is 14.8. The Morgan fingerprint density at radius 1 is 1.03 bits per heavy atom. The number of hydrogen-bond acceptors (Lipinski definition) is 5. The van der Waals surface area contributed by atoms with Gasteiger partial charge in [-0.05, 0) is 55.7 Å². The Kier molecular flexibility index (Phi) is 8.04. The highest BCUT2D eigenvalue weighted by atomic mass is 16.5. The monoisotopic (exact) mass is 511 g/mol. The zero-order chi connectivity index (χ0) is 26.3. The van der Waals surface area contributed by atoms with Crippen LogP contribution < -0.4 is 9.47 Å². The van der Waals surface area contributed by atoms with Gasteiger partial charge < -0.3 is 19.1 Å². The molecule has 1 saturated heterocycles. The van der Waals surface area contributed by atoms with Gasteiger partial charge in [-0.15, -0.1) is 0 Å². The van der Waals surface area contributed by atoms with Crippen molar-refractivity contribution in [1.29, 1.82) is 0 Å². The molecule has 38 heavy (non-hydrogen) atoms. The van der Waals surface area contributed by atoms with Gasteiger partial charge in [-0.2, -0.15) is 5.10 Å². The lowest BCUT2D eigenvalue weighted by Crippen LogP contribution is -2.37. The second-order valence-electron chi connectivity index (χ2n) is 9.30. The molecule has 196 valence electrons. The van der Waals surface area contributed by atoms with Crippen LogP contribution in [0.1, 0.15) is 41.4 Å². The van der Waals surface area contributed by atoms with Crippen molar-refractivity contribution in [3.63, 3.8) is 0 Å². The zero-order valence-corrected chi connectivity index (χ0v) is 21.9. The summed E-state index contributed by atoms with van der Waals surface area (Å²) in [7, 11) is 1.63. The first-order valence-corrected chi connectivity index (χ1v) is 13.1. The third kappa shape index (κ3) is 5.73. The van der Waals surface area contributed by atoms with Crippen molar-refractivity contribution >= 4 is 5.91 Å². The molecule has 1 aliphatic rings. The molecule has 0 unspecified atom stereocenters. The first kappa shape index (κ1) is 25.5. The summed E-state index contributed by atoms with van der Waals surface area (Å²) in [5.74, 6) is 1.87. The van der Waals surface area contributed by atoms with E-state index in [-0.39, 0.29) is 12.0 Å². The Bertz CT molecular complexity index is 1350. The number of para-hydroxylation sites is 1. The number of benzene rings is 3. The van der Waals surface area contributed by atoms with E-state index in [2.05, 4.69) is 6.92 Å². The van der Waals surface area contributed by atoms with Crippen LogP contribution >= 0.6 is 0 Å². The van der Waals surface area contributed by atoms with Crippen LogP contribution in [-0.4, -0.2) is 47.0 Å². The maximum atomic E-state index is 13.8. The van der Waals surface area contributed by atoms with E-state index in [1.165, 1.54) is 0 Å². The van der Waals surface area contributed by atoms with E-state index in [9.17, 15) is 4.79 Å². The number of hydrogen-bond donors (Lipinski definition) is 0. The van der Waals surface area contributed by atoms with Crippen molar-refractivity contribution in [2.24, 2.45) is 0 Å². The van der Waals surface area contributed by atoms with Gasteiger partial charge in [-0.1, -0.05) is 49.4 Å². The lowest BCUT2D eigenvalue weighted by Gasteiger charge is -2.26. The van der Waals surface area contributed by atoms with Gasteiger partial charge in [-0.25, -0.2) is 4.68 Å². The van der Waals surface area contributed by atoms with E-state index in [1.807, 2.05) is 94.5 Å². The Hall–Kier alpha value is -4.10. The Morgan fingerprint density at radius 3 is 2.45 bits per heavy atom. The number of carbonyl (C=O) groups is 1. The molecule has 7 heteroatoms. The molecule has 0 spiro atoms. The highest BCUT2D eigenvalue weighted by Gasteiger charge is 2.28. The number of rotatable bonds is 10. The number of carbonyl (C=O) groups excluding carboxylic acids is 1. The third-order valence-corrected chi connectivity index (χ3v) is 6.72. The van der Waals surface area contributed by atoms with Crippen molar-refractivity contribution in [1.82, 2.24) is 14.7 Å². The zero-order valence-electron chi connectivity index (χ0n) is 21.9. The Balaban J connectivity index is 1.57. The van der Waals surface area contributed by atoms with Crippen LogP contribution in [0.2, 0.25) is 0 Å². The first-order valence-electron chi connectivity index (χ1n) is 13.1. The van der Waals surface area contributed by atoms with Crippen LogP contribution in [-0.2, 0) is 17.7 Å². The minimum absolute atomic E-state index is 0.0136. The van der Waals surface area contributed by atoms with E-state index < -0.39 is 0 Å². The molecule has 1 fully saturated rings. The average molecular weight is 512 g/mol. The highest BCUT2D eigenvalue weighted by Crippen LogP contribution is 2.34. The highest BCUT2D eigenvalue weighted by molar-refractivity contribution is 5.94. The Morgan fingerprint density at radius 2 is 1.76 bits per heavy atom. The molecule has 0 saturated carbocycles. The van der Waals surface area contributed by atoms with Crippen molar-refractivity contribution in [2.75, 3.05) is 20.3 Å². The van der Waals surface area contributed by atoms with E-state index in [0.29, 0.717) is 42.5 Å². The maximum absolute atomic E-state index is 13.8. The number of ether oxygens (including phenoxy) is 3. The van der Waals surface area contributed by atoms with Gasteiger partial charge in [0.15, 0.2) is 0 Å². The summed E-state index contributed by atoms with van der Waals surface area (Å²) in [4.78, 5) is 15.6. The molecule has 0 radical (unpaired) electrons. The molecular weight excluding hydrogens is 478 g/mol. The van der Waals surface area contributed by atoms with E-state index in [0.717, 1.165) is 36.4 Å². The third-order valence-electron chi connectivity index (χ3n) is 6.72. The fraction of sp³-hybridized carbons (Fsp3) is 0.290. The molecule has 1 amide bonds. The van der Waals surface area contributed by atoms with Gasteiger partial charge in [0.05, 0.1) is 36.7 Å². The molecule has 5 rings (SSSR count). The van der Waals surface area contributed by atoms with Crippen LogP contribution in [0.5, 0.6) is 17.4 Å². The fourth-order valence-corrected chi connectivity index (χ4v) is 4.75. The predicted molar refractivity (Wildman–Crippen MR) is 146 cm³/mol. The molecule has 1 atom stereocenters. The van der Waals surface area contributed by atoms with Crippen molar-refractivity contribution in [3.8, 4) is 23.1 Å². The van der Waals surface area contributed by atoms with Gasteiger partial charge in [-0.3, -0.25) is 4.79 Å². The number of amides is 1. The molecule has 0 aliphatic carbocycles. The quantitative estimate of drug-likeness (QED) is 0.259. The predicted octanol–water partition coefficient (Wildman–Crippen LogP) is 6.06. The first-order chi connectivity index (χ1) is 18.7. The summed E-state index contributed by atoms with van der Waals surface area (Å²) < 4.78 is 19.7. The van der Waals surface area contributed by atoms with E-state index >= 15 is 0 Å². The van der Waals surface area contributed by atoms with Gasteiger partial charge in [0.2, 0.25) is 5.88 Å². The standard InChI is InChI=1S/C31H33N3O4/c1-3-29-28(22-33(21-27-18-11-19-37-27)30(35)23-12-6-4-7-13-23)31(34(32-29)24-14-8-5-9-15-24)38-26-17-10-16-25(20-26)36-2/h4-10,12-17,20,27H,3,11,18-19,21-22H2,1-2H3/t27-/m1/s1. The molecule has 4 aromatic rings. The van der Waals surface area contributed by atoms with E-state index in [4.69, 9.17) is 19.3 Å². The minimum atomic E-state index is -0.0389. The largest absolute Gasteiger partial charge is 0.497 e. The Labute approximate surface area is 223 Å². The van der Waals surface area contributed by atoms with Crippen LogP contribution in [0.15, 0.2) is 84.9 Å². The summed E-state index contributed by atoms with van der Waals surface area (Å²) in [6.07, 6.45) is 2.65. The molecule has 1 aromatic heterocycles. The summed E-state index contributed by atoms with van der Waals surface area (Å²) in [5.41, 5.74) is 3.28. The van der Waals surface area contributed by atoms with Crippen LogP contribution in [0.25, 0.3) is 5.69 Å². The second kappa shape index (κ2) is 12.0. The fourth-order valence-electron chi connectivity index (χ4n) is 4.75. The number of methoxy groups -OCH3 is 1. The maximum Gasteiger partial charge on any atom is 0.254 e. The molecular formula is C31H33N3O4. The average Bonchev–Trinajstić information content (AvgIpc) is 3.61. The molecule has 7 nitrogen and oxygen atoms in total. The van der Waals surface area contributed by atoms with Crippen molar-refractivity contribution in [2.45, 2.75) is 38.8 Å². The molecule has 2 heterocycles. The van der Waals surface area contributed by atoms with Crippen LogP contribution in [0.3, 0.4) is 0 Å². The SMILES string of the molecule is CCc1nn(-c2ccccc2)c(Oc2cccc(OC)c2)c1CN(C[C@H]1CCCO1)C(=O)c1ccccc1. The lowest BCUT2D eigenvalue weighted by atomic mass is 10.1. The van der Waals surface area contributed by atoms with Gasteiger partial charge >= 0.3 is 0 Å². The van der Waals surface area contributed by atoms with Crippen molar-refractivity contribution < 1.29 is 19.0 Å². The minimum Gasteiger partial charge on any atom is -0.497 e. The summed E-state index contributed by atoms with van der Waals surface area (Å²) >= 11 is 0. The lowest BCUT2D eigenvalue weighted by molar-refractivity contribution is 0.0505. The molecule has 1 aliphatic heterocycles. The van der Waals surface area contributed by atoms with Crippen LogP contribution in [0, 0.1) is 0 Å². The topological polar surface area (TPSA) is 65.8 Å². The number of aryl methyl sites for hydroxylation is 1. The van der Waals surface area contributed by atoms with Gasteiger partial charge in [0, 0.05) is 24.8 Å². The van der Waals surface area contributed by atoms with E-state index in [1.54, 1.807) is 7.11 Å². The molecule has 0 N–H and O–H groups in total. The summed E-state index contributed by atoms with van der Waals surface area (Å²) in [6.45, 7) is 3.66. The smallest absolute Gasteiger partial charge is 0.254 e. The van der Waals surface area contributed by atoms with Gasteiger partial charge in [0.1, 0.15) is 11.5 Å².